The van der Waals surface area contributed by atoms with Crippen LogP contribution in [0.2, 0.25) is 0 Å². The molecule has 0 spiro atoms. The second kappa shape index (κ2) is 8.37. The van der Waals surface area contributed by atoms with Crippen LogP contribution in [0.15, 0.2) is 30.3 Å². The molecule has 2 radical (unpaired) electrons. The van der Waals surface area contributed by atoms with Crippen molar-refractivity contribution in [3.05, 3.63) is 35.9 Å². The summed E-state index contributed by atoms with van der Waals surface area (Å²) in [7, 11) is 5.10. The van der Waals surface area contributed by atoms with E-state index in [0.717, 1.165) is 5.56 Å². The largest absolute Gasteiger partial charge is 0.466 e. The Bertz CT molecular complexity index is 438. The molecule has 20 heavy (non-hydrogen) atoms. The van der Waals surface area contributed by atoms with Gasteiger partial charge in [-0.15, -0.1) is 0 Å². The zero-order valence-electron chi connectivity index (χ0n) is 11.4. The molecule has 1 rings (SSSR count). The molecule has 106 valence electrons. The lowest BCUT2D eigenvalue weighted by atomic mass is 9.97. The number of benzene rings is 1. The van der Waals surface area contributed by atoms with Gasteiger partial charge in [0.1, 0.15) is 0 Å². The van der Waals surface area contributed by atoms with Crippen molar-refractivity contribution in [1.82, 2.24) is 5.32 Å². The first-order valence-corrected chi connectivity index (χ1v) is 6.46. The Labute approximate surface area is 119 Å². The number of rotatable bonds is 7. The van der Waals surface area contributed by atoms with Crippen LogP contribution in [0.4, 0.5) is 4.79 Å². The van der Waals surface area contributed by atoms with Gasteiger partial charge in [-0.1, -0.05) is 30.3 Å². The maximum absolute atomic E-state index is 11.4. The minimum absolute atomic E-state index is 0.189. The number of nitrogens with one attached hydrogen (secondary N) is 1. The normalized spacial score (nSPS) is 13.3. The standard InChI is InChI=1S/C14H18BNO4/c1-2-20-13(18)9-12(17)11(16-14(15)19)8-10-6-4-3-5-7-10/h3-7,11-12,17H,2,8-9H2,1H3,(H,16,19)/t11-,12+/m0/s1. The van der Waals surface area contributed by atoms with Gasteiger partial charge < -0.3 is 15.2 Å². The van der Waals surface area contributed by atoms with Crippen LogP contribution < -0.4 is 5.32 Å². The summed E-state index contributed by atoms with van der Waals surface area (Å²) in [5.74, 6) is -1.25. The molecule has 0 aliphatic heterocycles. The summed E-state index contributed by atoms with van der Waals surface area (Å²) in [6, 6.07) is 8.68. The highest BCUT2D eigenvalue weighted by Gasteiger charge is 2.23. The third-order valence-electron chi connectivity index (χ3n) is 2.77. The van der Waals surface area contributed by atoms with E-state index in [-0.39, 0.29) is 13.0 Å². The lowest BCUT2D eigenvalue weighted by Crippen LogP contribution is -2.45. The summed E-state index contributed by atoms with van der Waals surface area (Å²) in [5.41, 5.74) is 0.925. The number of hydrogen-bond donors (Lipinski definition) is 2. The van der Waals surface area contributed by atoms with Gasteiger partial charge >= 0.3 is 5.97 Å². The molecule has 0 fully saturated rings. The Morgan fingerprint density at radius 3 is 2.55 bits per heavy atom. The van der Waals surface area contributed by atoms with Gasteiger partial charge in [-0.25, -0.2) is 0 Å². The Hall–Kier alpha value is -1.82. The van der Waals surface area contributed by atoms with Crippen molar-refractivity contribution >= 4 is 19.6 Å². The number of hydrogen-bond acceptors (Lipinski definition) is 4. The fraction of sp³-hybridized carbons (Fsp3) is 0.429. The van der Waals surface area contributed by atoms with Crippen LogP contribution in [0.3, 0.4) is 0 Å². The van der Waals surface area contributed by atoms with Crippen LogP contribution in [-0.2, 0) is 16.0 Å². The Morgan fingerprint density at radius 1 is 1.35 bits per heavy atom. The first kappa shape index (κ1) is 16.2. The number of amides is 1. The van der Waals surface area contributed by atoms with E-state index >= 15 is 0 Å². The summed E-state index contributed by atoms with van der Waals surface area (Å²) in [6.45, 7) is 1.94. The molecule has 0 saturated heterocycles. The first-order chi connectivity index (χ1) is 9.52. The lowest BCUT2D eigenvalue weighted by molar-refractivity contribution is -0.145. The number of aliphatic hydroxyl groups is 1. The molecule has 2 atom stereocenters. The third-order valence-corrected chi connectivity index (χ3v) is 2.77. The van der Waals surface area contributed by atoms with Crippen molar-refractivity contribution in [2.75, 3.05) is 6.61 Å². The van der Waals surface area contributed by atoms with Crippen LogP contribution in [0.5, 0.6) is 0 Å². The average molecular weight is 275 g/mol. The molecule has 0 bridgehead atoms. The third kappa shape index (κ3) is 5.88. The Kier molecular flexibility index (Phi) is 6.80. The van der Waals surface area contributed by atoms with E-state index in [1.807, 2.05) is 30.3 Å². The van der Waals surface area contributed by atoms with E-state index in [1.54, 1.807) is 6.92 Å². The van der Waals surface area contributed by atoms with Crippen LogP contribution in [0, 0.1) is 0 Å². The number of aliphatic hydroxyl groups excluding tert-OH is 1. The molecule has 1 aromatic carbocycles. The van der Waals surface area contributed by atoms with Gasteiger partial charge in [-0.2, -0.15) is 0 Å². The summed E-state index contributed by atoms with van der Waals surface area (Å²) in [4.78, 5) is 22.4. The monoisotopic (exact) mass is 275 g/mol. The summed E-state index contributed by atoms with van der Waals surface area (Å²) in [6.07, 6.45) is -0.863. The zero-order valence-corrected chi connectivity index (χ0v) is 11.4. The van der Waals surface area contributed by atoms with Gasteiger partial charge in [-0.05, 0) is 18.9 Å². The highest BCUT2D eigenvalue weighted by atomic mass is 16.5. The topological polar surface area (TPSA) is 75.6 Å². The molecule has 0 heterocycles. The van der Waals surface area contributed by atoms with E-state index in [1.165, 1.54) is 0 Å². The van der Waals surface area contributed by atoms with Crippen molar-refractivity contribution in [2.45, 2.75) is 31.9 Å². The van der Waals surface area contributed by atoms with Crippen LogP contribution >= 0.6 is 0 Å². The smallest absolute Gasteiger partial charge is 0.308 e. The second-order valence-electron chi connectivity index (χ2n) is 4.38. The van der Waals surface area contributed by atoms with Crippen molar-refractivity contribution in [2.24, 2.45) is 0 Å². The predicted molar refractivity (Wildman–Crippen MR) is 75.5 cm³/mol. The molecule has 0 unspecified atom stereocenters. The minimum Gasteiger partial charge on any atom is -0.466 e. The van der Waals surface area contributed by atoms with Gasteiger partial charge in [0.25, 0.3) is 0 Å². The van der Waals surface area contributed by atoms with E-state index in [0.29, 0.717) is 6.42 Å². The van der Waals surface area contributed by atoms with Crippen molar-refractivity contribution in [1.29, 1.82) is 0 Å². The fourth-order valence-corrected chi connectivity index (χ4v) is 1.87. The Morgan fingerprint density at radius 2 is 2.00 bits per heavy atom. The van der Waals surface area contributed by atoms with Crippen molar-refractivity contribution in [3.63, 3.8) is 0 Å². The lowest BCUT2D eigenvalue weighted by Gasteiger charge is -2.23. The fourth-order valence-electron chi connectivity index (χ4n) is 1.87. The quantitative estimate of drug-likeness (QED) is 0.570. The van der Waals surface area contributed by atoms with Crippen LogP contribution in [0.25, 0.3) is 0 Å². The summed E-state index contributed by atoms with van der Waals surface area (Å²) < 4.78 is 4.77. The van der Waals surface area contributed by atoms with E-state index in [9.17, 15) is 14.7 Å². The Balaban J connectivity index is 2.68. The zero-order chi connectivity index (χ0) is 15.0. The molecule has 6 heteroatoms. The number of esters is 1. The van der Waals surface area contributed by atoms with E-state index < -0.39 is 23.9 Å². The highest BCUT2D eigenvalue weighted by molar-refractivity contribution is 6.57. The van der Waals surface area contributed by atoms with Crippen molar-refractivity contribution < 1.29 is 19.4 Å². The molecule has 1 amide bonds. The molecule has 0 aromatic heterocycles. The highest BCUT2D eigenvalue weighted by Crippen LogP contribution is 2.09. The molecule has 2 N–H and O–H groups in total. The maximum atomic E-state index is 11.4. The predicted octanol–water partition coefficient (Wildman–Crippen LogP) is 0.790. The molecule has 0 aliphatic rings. The van der Waals surface area contributed by atoms with Crippen LogP contribution in [0.1, 0.15) is 18.9 Å². The van der Waals surface area contributed by atoms with Gasteiger partial charge in [-0.3, -0.25) is 9.59 Å². The first-order valence-electron chi connectivity index (χ1n) is 6.46. The number of carbonyl (C=O) groups is 2. The number of ether oxygens (including phenoxy) is 1. The average Bonchev–Trinajstić information content (AvgIpc) is 2.38. The van der Waals surface area contributed by atoms with Gasteiger partial charge in [0.15, 0.2) is 5.81 Å². The maximum Gasteiger partial charge on any atom is 0.308 e. The summed E-state index contributed by atoms with van der Waals surface area (Å²) >= 11 is 0. The molecule has 5 nitrogen and oxygen atoms in total. The molecule has 1 aromatic rings. The number of carbonyl (C=O) groups excluding carboxylic acids is 2. The van der Waals surface area contributed by atoms with E-state index in [2.05, 4.69) is 5.32 Å². The molecular weight excluding hydrogens is 257 g/mol. The molecular formula is C14H18BNO4. The molecule has 0 aliphatic carbocycles. The van der Waals surface area contributed by atoms with Gasteiger partial charge in [0.05, 0.1) is 25.2 Å². The SMILES string of the molecule is [B]C(=O)N[C@@H](Cc1ccccc1)[C@H](O)CC(=O)OCC. The van der Waals surface area contributed by atoms with Gasteiger partial charge in [0, 0.05) is 0 Å². The minimum atomic E-state index is -1.05. The van der Waals surface area contributed by atoms with Crippen LogP contribution in [-0.4, -0.2) is 43.5 Å². The van der Waals surface area contributed by atoms with E-state index in [4.69, 9.17) is 12.6 Å². The van der Waals surface area contributed by atoms with Gasteiger partial charge in [0.2, 0.25) is 7.85 Å². The second-order valence-corrected chi connectivity index (χ2v) is 4.38. The molecule has 0 saturated carbocycles. The summed E-state index contributed by atoms with van der Waals surface area (Å²) in [5, 5.41) is 12.5. The van der Waals surface area contributed by atoms with Crippen molar-refractivity contribution in [3.8, 4) is 0 Å².